The van der Waals surface area contributed by atoms with Gasteiger partial charge in [-0.05, 0) is 43.4 Å². The van der Waals surface area contributed by atoms with Gasteiger partial charge in [0.05, 0.1) is 0 Å². The van der Waals surface area contributed by atoms with Gasteiger partial charge >= 0.3 is 0 Å². The highest BCUT2D eigenvalue weighted by Crippen LogP contribution is 2.19. The smallest absolute Gasteiger partial charge is 0.0231 e. The fourth-order valence-corrected chi connectivity index (χ4v) is 2.33. The molecule has 1 aromatic rings. The van der Waals surface area contributed by atoms with Crippen LogP contribution in [0.25, 0.3) is 0 Å². The normalized spacial score (nSPS) is 16.8. The number of hydrogen-bond donors (Lipinski definition) is 1. The molecule has 19 heavy (non-hydrogen) atoms. The van der Waals surface area contributed by atoms with Gasteiger partial charge in [-0.15, -0.1) is 0 Å². The van der Waals surface area contributed by atoms with Crippen LogP contribution in [0.15, 0.2) is 24.3 Å². The van der Waals surface area contributed by atoms with Crippen LogP contribution in [-0.2, 0) is 6.54 Å². The van der Waals surface area contributed by atoms with E-state index in [-0.39, 0.29) is 0 Å². The number of nitrogens with one attached hydrogen (secondary N) is 1. The summed E-state index contributed by atoms with van der Waals surface area (Å²) in [5, 5.41) is 3.56. The molecular weight excluding hydrogens is 232 g/mol. The first-order valence-electron chi connectivity index (χ1n) is 7.69. The van der Waals surface area contributed by atoms with Crippen LogP contribution in [0.1, 0.15) is 50.2 Å². The SMILES string of the molecule is CCC(C)c1ccc(CN(C)CCNC2CC2)cc1. The van der Waals surface area contributed by atoms with E-state index in [2.05, 4.69) is 55.4 Å². The van der Waals surface area contributed by atoms with E-state index in [0.29, 0.717) is 5.92 Å². The standard InChI is InChI=1S/C17H28N2/c1-4-14(2)16-7-5-15(6-8-16)13-19(3)12-11-18-17-9-10-17/h5-8,14,17-18H,4,9-13H2,1-3H3. The van der Waals surface area contributed by atoms with Crippen molar-refractivity contribution in [1.29, 1.82) is 0 Å². The highest BCUT2D eigenvalue weighted by atomic mass is 15.1. The quantitative estimate of drug-likeness (QED) is 0.771. The number of nitrogens with zero attached hydrogens (tertiary/aromatic N) is 1. The van der Waals surface area contributed by atoms with Crippen molar-refractivity contribution in [3.63, 3.8) is 0 Å². The molecule has 1 saturated carbocycles. The Labute approximate surface area is 118 Å². The van der Waals surface area contributed by atoms with Crippen molar-refractivity contribution < 1.29 is 0 Å². The summed E-state index contributed by atoms with van der Waals surface area (Å²) in [7, 11) is 2.21. The summed E-state index contributed by atoms with van der Waals surface area (Å²) < 4.78 is 0. The molecule has 1 N–H and O–H groups in total. The third-order valence-electron chi connectivity index (χ3n) is 4.12. The van der Waals surface area contributed by atoms with E-state index in [1.807, 2.05) is 0 Å². The van der Waals surface area contributed by atoms with Crippen molar-refractivity contribution in [2.75, 3.05) is 20.1 Å². The Balaban J connectivity index is 1.74. The summed E-state index contributed by atoms with van der Waals surface area (Å²) in [5.41, 5.74) is 2.88. The van der Waals surface area contributed by atoms with Crippen molar-refractivity contribution in [3.8, 4) is 0 Å². The van der Waals surface area contributed by atoms with Crippen LogP contribution in [-0.4, -0.2) is 31.1 Å². The molecule has 2 nitrogen and oxygen atoms in total. The average Bonchev–Trinajstić information content (AvgIpc) is 3.23. The van der Waals surface area contributed by atoms with Crippen LogP contribution >= 0.6 is 0 Å². The van der Waals surface area contributed by atoms with Gasteiger partial charge in [-0.25, -0.2) is 0 Å². The van der Waals surface area contributed by atoms with Crippen LogP contribution in [0.5, 0.6) is 0 Å². The van der Waals surface area contributed by atoms with Crippen LogP contribution < -0.4 is 5.32 Å². The minimum atomic E-state index is 0.675. The Morgan fingerprint density at radius 2 is 1.95 bits per heavy atom. The number of hydrogen-bond acceptors (Lipinski definition) is 2. The third-order valence-corrected chi connectivity index (χ3v) is 4.12. The fraction of sp³-hybridized carbons (Fsp3) is 0.647. The molecule has 1 aliphatic carbocycles. The lowest BCUT2D eigenvalue weighted by atomic mass is 9.97. The van der Waals surface area contributed by atoms with Gasteiger partial charge in [0.2, 0.25) is 0 Å². The van der Waals surface area contributed by atoms with Gasteiger partial charge in [0.15, 0.2) is 0 Å². The monoisotopic (exact) mass is 260 g/mol. The second-order valence-corrected chi connectivity index (χ2v) is 6.02. The van der Waals surface area contributed by atoms with E-state index in [1.54, 1.807) is 0 Å². The van der Waals surface area contributed by atoms with E-state index >= 15 is 0 Å². The zero-order valence-corrected chi connectivity index (χ0v) is 12.7. The fourth-order valence-electron chi connectivity index (χ4n) is 2.33. The number of rotatable bonds is 8. The van der Waals surface area contributed by atoms with Crippen molar-refractivity contribution in [2.45, 2.75) is 51.6 Å². The molecule has 2 heteroatoms. The van der Waals surface area contributed by atoms with E-state index < -0.39 is 0 Å². The molecule has 106 valence electrons. The highest BCUT2D eigenvalue weighted by Gasteiger charge is 2.19. The molecule has 0 heterocycles. The Bertz CT molecular complexity index is 367. The van der Waals surface area contributed by atoms with Gasteiger partial charge in [0, 0.05) is 25.7 Å². The first-order chi connectivity index (χ1) is 9.19. The molecule has 1 atom stereocenters. The molecule has 0 aliphatic heterocycles. The van der Waals surface area contributed by atoms with Crippen molar-refractivity contribution >= 4 is 0 Å². The summed E-state index contributed by atoms with van der Waals surface area (Å²) in [4.78, 5) is 2.40. The van der Waals surface area contributed by atoms with Crippen LogP contribution in [0.2, 0.25) is 0 Å². The van der Waals surface area contributed by atoms with Gasteiger partial charge in [0.1, 0.15) is 0 Å². The second kappa shape index (κ2) is 7.06. The summed E-state index contributed by atoms with van der Waals surface area (Å²) in [5.74, 6) is 0.675. The molecule has 0 radical (unpaired) electrons. The minimum Gasteiger partial charge on any atom is -0.313 e. The lowest BCUT2D eigenvalue weighted by molar-refractivity contribution is 0.324. The molecule has 2 rings (SSSR count). The summed E-state index contributed by atoms with van der Waals surface area (Å²) in [6.07, 6.45) is 3.97. The van der Waals surface area contributed by atoms with Gasteiger partial charge in [-0.2, -0.15) is 0 Å². The number of benzene rings is 1. The lowest BCUT2D eigenvalue weighted by Gasteiger charge is -2.17. The Morgan fingerprint density at radius 1 is 1.26 bits per heavy atom. The molecule has 0 saturated heterocycles. The predicted octanol–water partition coefficient (Wildman–Crippen LogP) is 3.38. The highest BCUT2D eigenvalue weighted by molar-refractivity contribution is 5.24. The van der Waals surface area contributed by atoms with Gasteiger partial charge < -0.3 is 10.2 Å². The van der Waals surface area contributed by atoms with Crippen LogP contribution in [0, 0.1) is 0 Å². The molecule has 1 unspecified atom stereocenters. The Kier molecular flexibility index (Phi) is 5.41. The summed E-state index contributed by atoms with van der Waals surface area (Å²) in [6.45, 7) is 7.84. The van der Waals surface area contributed by atoms with Crippen molar-refractivity contribution in [1.82, 2.24) is 10.2 Å². The van der Waals surface area contributed by atoms with Crippen molar-refractivity contribution in [3.05, 3.63) is 35.4 Å². The summed E-state index contributed by atoms with van der Waals surface area (Å²) >= 11 is 0. The van der Waals surface area contributed by atoms with Gasteiger partial charge in [0.25, 0.3) is 0 Å². The molecule has 1 aromatic carbocycles. The zero-order valence-electron chi connectivity index (χ0n) is 12.7. The molecule has 0 amide bonds. The Morgan fingerprint density at radius 3 is 2.53 bits per heavy atom. The molecule has 1 fully saturated rings. The first-order valence-corrected chi connectivity index (χ1v) is 7.69. The molecule has 1 aliphatic rings. The lowest BCUT2D eigenvalue weighted by Crippen LogP contribution is -2.30. The summed E-state index contributed by atoms with van der Waals surface area (Å²) in [6, 6.07) is 9.97. The predicted molar refractivity (Wildman–Crippen MR) is 82.5 cm³/mol. The molecule has 0 aromatic heterocycles. The van der Waals surface area contributed by atoms with Gasteiger partial charge in [-0.3, -0.25) is 0 Å². The average molecular weight is 260 g/mol. The largest absolute Gasteiger partial charge is 0.313 e. The van der Waals surface area contributed by atoms with E-state index in [9.17, 15) is 0 Å². The minimum absolute atomic E-state index is 0.675. The van der Waals surface area contributed by atoms with E-state index in [4.69, 9.17) is 0 Å². The molecular formula is C17H28N2. The third kappa shape index (κ3) is 4.96. The van der Waals surface area contributed by atoms with Crippen LogP contribution in [0.3, 0.4) is 0 Å². The van der Waals surface area contributed by atoms with Crippen LogP contribution in [0.4, 0.5) is 0 Å². The molecule has 0 spiro atoms. The molecule has 0 bridgehead atoms. The maximum Gasteiger partial charge on any atom is 0.0231 e. The first kappa shape index (κ1) is 14.5. The number of likely N-dealkylation sites (N-methyl/N-ethyl adjacent to an activating group) is 1. The second-order valence-electron chi connectivity index (χ2n) is 6.02. The van der Waals surface area contributed by atoms with E-state index in [0.717, 1.165) is 25.7 Å². The maximum atomic E-state index is 3.56. The Hall–Kier alpha value is -0.860. The van der Waals surface area contributed by atoms with E-state index in [1.165, 1.54) is 30.4 Å². The van der Waals surface area contributed by atoms with Gasteiger partial charge in [-0.1, -0.05) is 38.1 Å². The zero-order chi connectivity index (χ0) is 13.7. The topological polar surface area (TPSA) is 15.3 Å². The van der Waals surface area contributed by atoms with Crippen molar-refractivity contribution in [2.24, 2.45) is 0 Å². The maximum absolute atomic E-state index is 3.56.